The number of aliphatic carboxylic acids is 1. The third-order valence-corrected chi connectivity index (χ3v) is 20.0. The zero-order valence-electron chi connectivity index (χ0n) is 35.6. The van der Waals surface area contributed by atoms with E-state index >= 15 is 0 Å². The normalized spacial score (nSPS) is 50.4. The number of carboxylic acids is 1. The highest BCUT2D eigenvalue weighted by Gasteiger charge is 2.87. The number of methoxy groups -OCH3 is 1. The standard InChI is InChI=1S/C49H72O7/c1-8-10-34-11-9-18-46-26-27-47-33(2)49(54,56-39(47)29-36-14-12-35(13-15-36)17-28-55-7)31-38(51)48(47,32-50)44(46,6)24-25-45(19-16-34)37-30-42(4,40(52)53)21-20-41(37,3)22-23-43(45,46)5/h12-15,33-34,37-39,50-51,54H,8,10-11,16-17,19-32H2,1-7H3,(H,52,53)/t33-,34-,37-,38+,39+,41-,42-,43+,44-,45+,46-,47-,48+,49+/m1/s1. The molecule has 14 atom stereocenters. The first kappa shape index (κ1) is 40.8. The van der Waals surface area contributed by atoms with Crippen molar-refractivity contribution in [2.45, 2.75) is 169 Å². The minimum Gasteiger partial charge on any atom is -0.481 e. The zero-order chi connectivity index (χ0) is 40.2. The summed E-state index contributed by atoms with van der Waals surface area (Å²) in [6.07, 6.45) is 13.1. The third-order valence-electron chi connectivity index (χ3n) is 20.0. The molecule has 1 heterocycles. The van der Waals surface area contributed by atoms with Gasteiger partial charge in [0, 0.05) is 42.1 Å². The van der Waals surface area contributed by atoms with E-state index in [9.17, 15) is 25.2 Å². The number of benzene rings is 1. The van der Waals surface area contributed by atoms with Gasteiger partial charge in [0.25, 0.3) is 0 Å². The summed E-state index contributed by atoms with van der Waals surface area (Å²) in [6.45, 7) is 14.3. The Bertz CT molecular complexity index is 1750. The molecule has 5 saturated carbocycles. The maximum Gasteiger partial charge on any atom is 0.309 e. The van der Waals surface area contributed by atoms with Gasteiger partial charge >= 0.3 is 5.97 Å². The van der Waals surface area contributed by atoms with E-state index in [1.165, 1.54) is 5.56 Å². The van der Waals surface area contributed by atoms with Crippen LogP contribution in [0.1, 0.15) is 149 Å². The van der Waals surface area contributed by atoms with Gasteiger partial charge in [0.15, 0.2) is 5.79 Å². The molecule has 4 bridgehead atoms. The first-order valence-electron chi connectivity index (χ1n) is 22.5. The van der Waals surface area contributed by atoms with Gasteiger partial charge in [-0.25, -0.2) is 0 Å². The van der Waals surface area contributed by atoms with Crippen LogP contribution in [0.15, 0.2) is 24.3 Å². The van der Waals surface area contributed by atoms with Crippen molar-refractivity contribution in [3.63, 3.8) is 0 Å². The van der Waals surface area contributed by atoms with Crippen LogP contribution in [-0.2, 0) is 27.1 Å². The monoisotopic (exact) mass is 773 g/mol. The molecule has 6 aliphatic carbocycles. The maximum atomic E-state index is 13.1. The molecule has 1 aromatic carbocycles. The van der Waals surface area contributed by atoms with Gasteiger partial charge in [-0.2, -0.15) is 0 Å². The first-order valence-corrected chi connectivity index (χ1v) is 22.5. The minimum atomic E-state index is -1.49. The Labute approximate surface area is 337 Å². The number of carboxylic acid groups (broad SMARTS) is 1. The molecule has 1 aliphatic heterocycles. The van der Waals surface area contributed by atoms with Gasteiger partial charge in [-0.1, -0.05) is 71.2 Å². The van der Waals surface area contributed by atoms with Crippen molar-refractivity contribution in [3.05, 3.63) is 35.4 Å². The molecule has 0 aromatic heterocycles. The Hall–Kier alpha value is -1.95. The number of aliphatic hydroxyl groups excluding tert-OH is 2. The molecule has 6 fully saturated rings. The summed E-state index contributed by atoms with van der Waals surface area (Å²) in [5.74, 6) is 6.40. The molecule has 0 amide bonds. The van der Waals surface area contributed by atoms with E-state index in [0.29, 0.717) is 31.8 Å². The second-order valence-corrected chi connectivity index (χ2v) is 21.5. The Kier molecular flexibility index (Phi) is 9.86. The van der Waals surface area contributed by atoms with Crippen molar-refractivity contribution in [3.8, 4) is 11.8 Å². The lowest BCUT2D eigenvalue weighted by molar-refractivity contribution is -0.355. The molecule has 0 unspecified atom stereocenters. The van der Waals surface area contributed by atoms with Crippen LogP contribution in [0.5, 0.6) is 0 Å². The molecule has 8 rings (SSSR count). The average molecular weight is 773 g/mol. The second-order valence-electron chi connectivity index (χ2n) is 21.5. The smallest absolute Gasteiger partial charge is 0.309 e. The molecule has 7 heteroatoms. The van der Waals surface area contributed by atoms with Crippen LogP contribution in [-0.4, -0.2) is 64.7 Å². The lowest BCUT2D eigenvalue weighted by Gasteiger charge is -2.81. The summed E-state index contributed by atoms with van der Waals surface area (Å²) < 4.78 is 12.2. The van der Waals surface area contributed by atoms with Crippen LogP contribution in [0.2, 0.25) is 0 Å². The fourth-order valence-corrected chi connectivity index (χ4v) is 16.7. The Balaban J connectivity index is 1.31. The fourth-order valence-electron chi connectivity index (χ4n) is 16.7. The van der Waals surface area contributed by atoms with Gasteiger partial charge in [0.2, 0.25) is 0 Å². The summed E-state index contributed by atoms with van der Waals surface area (Å²) >= 11 is 0. The Morgan fingerprint density at radius 2 is 1.62 bits per heavy atom. The highest BCUT2D eigenvalue weighted by molar-refractivity contribution is 5.74. The van der Waals surface area contributed by atoms with Crippen molar-refractivity contribution in [1.82, 2.24) is 0 Å². The van der Waals surface area contributed by atoms with E-state index in [-0.39, 0.29) is 41.1 Å². The lowest BCUT2D eigenvalue weighted by Crippen LogP contribution is -2.80. The number of aliphatic hydroxyl groups is 3. The van der Waals surface area contributed by atoms with Crippen molar-refractivity contribution < 1.29 is 34.7 Å². The van der Waals surface area contributed by atoms with E-state index in [1.54, 1.807) is 7.11 Å². The van der Waals surface area contributed by atoms with E-state index in [4.69, 9.17) is 9.47 Å². The first-order chi connectivity index (χ1) is 26.5. The van der Waals surface area contributed by atoms with Crippen LogP contribution in [0.4, 0.5) is 0 Å². The van der Waals surface area contributed by atoms with E-state index in [2.05, 4.69) is 70.7 Å². The highest BCUT2D eigenvalue weighted by atomic mass is 16.6. The number of hydrogen-bond donors (Lipinski definition) is 4. The molecular formula is C49H72O7. The second kappa shape index (κ2) is 13.5. The van der Waals surface area contributed by atoms with E-state index < -0.39 is 51.0 Å². The van der Waals surface area contributed by atoms with Crippen LogP contribution < -0.4 is 0 Å². The predicted octanol–water partition coefficient (Wildman–Crippen LogP) is 8.74. The quantitative estimate of drug-likeness (QED) is 0.186. The maximum absolute atomic E-state index is 13.1. The number of carbonyl (C=O) groups is 1. The number of hydrogen-bond acceptors (Lipinski definition) is 6. The minimum absolute atomic E-state index is 0.0640. The molecule has 4 N–H and O–H groups in total. The summed E-state index contributed by atoms with van der Waals surface area (Å²) in [4.78, 5) is 13.1. The SMILES string of the molecule is CCC[C@@H]1CC#C[C@]23CC[C@@]45[C@H](Cc6ccc(CCOC)cc6)O[C@@](O)(C[C@H](O)[C@@]4(CO)[C@]2(C)CC[C@@]2(CC1)[C@@H]1C[C@](C)(C(=O)O)CC[C@]1(C)CC[C@@]23C)[C@@H]5C. The highest BCUT2D eigenvalue weighted by Crippen LogP contribution is 2.87. The lowest BCUT2D eigenvalue weighted by atomic mass is 9.21. The van der Waals surface area contributed by atoms with Crippen molar-refractivity contribution in [1.29, 1.82) is 0 Å². The summed E-state index contributed by atoms with van der Waals surface area (Å²) in [5.41, 5.74) is -1.54. The zero-order valence-corrected chi connectivity index (χ0v) is 35.6. The molecule has 56 heavy (non-hydrogen) atoms. The summed E-state index contributed by atoms with van der Waals surface area (Å²) in [7, 11) is 1.72. The topological polar surface area (TPSA) is 116 Å². The molecular weight excluding hydrogens is 701 g/mol. The summed E-state index contributed by atoms with van der Waals surface area (Å²) in [5, 5.41) is 48.4. The van der Waals surface area contributed by atoms with Crippen molar-refractivity contribution in [2.24, 2.45) is 61.1 Å². The summed E-state index contributed by atoms with van der Waals surface area (Å²) in [6, 6.07) is 8.67. The fraction of sp³-hybridized carbons (Fsp3) is 0.816. The third kappa shape index (κ3) is 4.98. The predicted molar refractivity (Wildman–Crippen MR) is 217 cm³/mol. The van der Waals surface area contributed by atoms with Crippen molar-refractivity contribution in [2.75, 3.05) is 20.3 Å². The number of ether oxygens (including phenoxy) is 2. The van der Waals surface area contributed by atoms with Gasteiger partial charge < -0.3 is 29.9 Å². The van der Waals surface area contributed by atoms with Gasteiger partial charge in [0.05, 0.1) is 30.8 Å². The van der Waals surface area contributed by atoms with Gasteiger partial charge in [0.1, 0.15) is 0 Å². The molecule has 1 aromatic rings. The molecule has 2 spiro atoms. The molecule has 0 radical (unpaired) electrons. The Morgan fingerprint density at radius 1 is 0.929 bits per heavy atom. The molecule has 7 nitrogen and oxygen atoms in total. The van der Waals surface area contributed by atoms with Crippen molar-refractivity contribution >= 4 is 5.97 Å². The van der Waals surface area contributed by atoms with E-state index in [0.717, 1.165) is 89.0 Å². The molecule has 1 saturated heterocycles. The van der Waals surface area contributed by atoms with Gasteiger partial charge in [-0.15, -0.1) is 5.92 Å². The van der Waals surface area contributed by atoms with Crippen LogP contribution in [0.3, 0.4) is 0 Å². The van der Waals surface area contributed by atoms with Gasteiger partial charge in [-0.3, -0.25) is 4.79 Å². The molecule has 7 aliphatic rings. The van der Waals surface area contributed by atoms with Crippen LogP contribution in [0, 0.1) is 72.9 Å². The van der Waals surface area contributed by atoms with Crippen LogP contribution in [0.25, 0.3) is 0 Å². The average Bonchev–Trinajstić information content (AvgIpc) is 3.32. The van der Waals surface area contributed by atoms with Gasteiger partial charge in [-0.05, 0) is 141 Å². The van der Waals surface area contributed by atoms with E-state index in [1.807, 2.05) is 6.92 Å². The number of rotatable bonds is 9. The number of fused-ring (bicyclic) bond motifs is 3. The largest absolute Gasteiger partial charge is 0.481 e. The van der Waals surface area contributed by atoms with Crippen LogP contribution >= 0.6 is 0 Å². The Morgan fingerprint density at radius 3 is 2.30 bits per heavy atom. The molecule has 310 valence electrons.